The maximum atomic E-state index is 7.01. The molecule has 24 heavy (non-hydrogen) atoms. The van der Waals surface area contributed by atoms with Crippen molar-refractivity contribution in [1.29, 1.82) is 0 Å². The lowest BCUT2D eigenvalue weighted by atomic mass is 10.2. The van der Waals surface area contributed by atoms with E-state index in [1.54, 1.807) is 0 Å². The number of hydrogen-bond acceptors (Lipinski definition) is 2. The Kier molecular flexibility index (Phi) is 6.26. The molecule has 1 fully saturated rings. The number of hydrogen-bond donors (Lipinski definition) is 1. The van der Waals surface area contributed by atoms with E-state index in [2.05, 4.69) is 86.8 Å². The molecule has 130 valence electrons. The van der Waals surface area contributed by atoms with Gasteiger partial charge in [-0.25, -0.2) is 0 Å². The van der Waals surface area contributed by atoms with Gasteiger partial charge in [0.05, 0.1) is 6.10 Å². The lowest BCUT2D eigenvalue weighted by Gasteiger charge is -2.44. The predicted molar refractivity (Wildman–Crippen MR) is 107 cm³/mol. The molecule has 0 aromatic heterocycles. The fourth-order valence-corrected chi connectivity index (χ4v) is 8.39. The van der Waals surface area contributed by atoms with E-state index >= 15 is 0 Å². The zero-order valence-corrected chi connectivity index (χ0v) is 16.6. The third-order valence-electron chi connectivity index (χ3n) is 4.78. The van der Waals surface area contributed by atoms with E-state index in [1.807, 2.05) is 0 Å². The molecule has 1 heterocycles. The largest absolute Gasteiger partial charge is 0.403 e. The minimum Gasteiger partial charge on any atom is -0.403 e. The molecule has 0 amide bonds. The third-order valence-corrected chi connectivity index (χ3v) is 9.87. The highest BCUT2D eigenvalue weighted by molar-refractivity contribution is 6.99. The Morgan fingerprint density at radius 2 is 1.42 bits per heavy atom. The monoisotopic (exact) mass is 361 g/mol. The van der Waals surface area contributed by atoms with Crippen LogP contribution in [0, 0.1) is 0 Å². The molecule has 0 aliphatic carbocycles. The zero-order chi connectivity index (χ0) is 16.3. The Labute approximate surface area is 153 Å². The Bertz CT molecular complexity index is 582. The van der Waals surface area contributed by atoms with Crippen LogP contribution in [0.2, 0.25) is 5.04 Å². The molecule has 0 saturated carbocycles. The molecule has 1 aliphatic rings. The quantitative estimate of drug-likeness (QED) is 0.843. The lowest BCUT2D eigenvalue weighted by Crippen LogP contribution is -2.67. The van der Waals surface area contributed by atoms with Crippen molar-refractivity contribution in [1.82, 2.24) is 5.32 Å². The topological polar surface area (TPSA) is 21.3 Å². The summed E-state index contributed by atoms with van der Waals surface area (Å²) < 4.78 is 7.01. The van der Waals surface area contributed by atoms with Gasteiger partial charge in [-0.2, -0.15) is 0 Å². The minimum absolute atomic E-state index is 0. The van der Waals surface area contributed by atoms with Crippen LogP contribution in [-0.4, -0.2) is 27.5 Å². The summed E-state index contributed by atoms with van der Waals surface area (Å²) in [6.45, 7) is 9.03. The van der Waals surface area contributed by atoms with Crippen LogP contribution in [0.15, 0.2) is 60.7 Å². The average Bonchev–Trinajstić information content (AvgIpc) is 3.06. The third kappa shape index (κ3) is 3.59. The van der Waals surface area contributed by atoms with E-state index in [9.17, 15) is 0 Å². The first-order valence-corrected chi connectivity index (χ1v) is 10.4. The van der Waals surface area contributed by atoms with Gasteiger partial charge in [0.2, 0.25) is 0 Å². The molecule has 0 spiro atoms. The molecule has 2 nitrogen and oxygen atoms in total. The molecule has 1 atom stereocenters. The van der Waals surface area contributed by atoms with Crippen LogP contribution in [-0.2, 0) is 4.43 Å². The highest BCUT2D eigenvalue weighted by Gasteiger charge is 2.51. The van der Waals surface area contributed by atoms with Crippen molar-refractivity contribution >= 4 is 31.1 Å². The zero-order valence-electron chi connectivity index (χ0n) is 14.8. The summed E-state index contributed by atoms with van der Waals surface area (Å²) in [5, 5.41) is 6.25. The second-order valence-electron chi connectivity index (χ2n) is 7.40. The molecule has 0 radical (unpaired) electrons. The molecule has 2 aromatic carbocycles. The van der Waals surface area contributed by atoms with Gasteiger partial charge < -0.3 is 9.74 Å². The predicted octanol–water partition coefficient (Wildman–Crippen LogP) is 3.35. The summed E-state index contributed by atoms with van der Waals surface area (Å²) in [4.78, 5) is 0. The number of rotatable bonds is 4. The summed E-state index contributed by atoms with van der Waals surface area (Å²) in [5.41, 5.74) is 0. The highest BCUT2D eigenvalue weighted by Crippen LogP contribution is 2.37. The molecule has 2 aromatic rings. The van der Waals surface area contributed by atoms with Gasteiger partial charge in [-0.1, -0.05) is 81.4 Å². The molecule has 1 saturated heterocycles. The van der Waals surface area contributed by atoms with Crippen molar-refractivity contribution in [2.24, 2.45) is 0 Å². The molecule has 1 aliphatic heterocycles. The van der Waals surface area contributed by atoms with Crippen molar-refractivity contribution < 1.29 is 4.43 Å². The first-order valence-electron chi connectivity index (χ1n) is 8.53. The van der Waals surface area contributed by atoms with Crippen molar-refractivity contribution in [2.45, 2.75) is 38.3 Å². The SMILES string of the molecule is CC(C)(C)[Si](O[C@@H]1CCNC1)(c1ccccc1)c1ccccc1.Cl. The van der Waals surface area contributed by atoms with Crippen molar-refractivity contribution in [2.75, 3.05) is 13.1 Å². The van der Waals surface area contributed by atoms with Crippen LogP contribution in [0.3, 0.4) is 0 Å². The van der Waals surface area contributed by atoms with Crippen LogP contribution in [0.25, 0.3) is 0 Å². The van der Waals surface area contributed by atoms with E-state index in [0.717, 1.165) is 19.5 Å². The molecular weight excluding hydrogens is 334 g/mol. The molecule has 4 heteroatoms. The highest BCUT2D eigenvalue weighted by atomic mass is 35.5. The van der Waals surface area contributed by atoms with Gasteiger partial charge in [0, 0.05) is 6.54 Å². The van der Waals surface area contributed by atoms with Crippen LogP contribution in [0.1, 0.15) is 27.2 Å². The van der Waals surface area contributed by atoms with Gasteiger partial charge in [0.1, 0.15) is 0 Å². The van der Waals surface area contributed by atoms with Crippen LogP contribution in [0.5, 0.6) is 0 Å². The first-order chi connectivity index (χ1) is 11.0. The Balaban J connectivity index is 0.00000208. The molecule has 3 rings (SSSR count). The fourth-order valence-electron chi connectivity index (χ4n) is 3.67. The number of nitrogens with one attached hydrogen (secondary N) is 1. The first kappa shape index (κ1) is 19.2. The van der Waals surface area contributed by atoms with Gasteiger partial charge in [-0.3, -0.25) is 0 Å². The maximum Gasteiger partial charge on any atom is 0.261 e. The Morgan fingerprint density at radius 1 is 0.917 bits per heavy atom. The van der Waals surface area contributed by atoms with E-state index in [-0.39, 0.29) is 17.4 Å². The van der Waals surface area contributed by atoms with E-state index in [0.29, 0.717) is 6.10 Å². The summed E-state index contributed by atoms with van der Waals surface area (Å²) in [6, 6.07) is 21.8. The van der Waals surface area contributed by atoms with Gasteiger partial charge in [-0.05, 0) is 28.4 Å². The number of benzene rings is 2. The second-order valence-corrected chi connectivity index (χ2v) is 11.6. The van der Waals surface area contributed by atoms with E-state index in [1.165, 1.54) is 10.4 Å². The van der Waals surface area contributed by atoms with Crippen LogP contribution in [0.4, 0.5) is 0 Å². The van der Waals surface area contributed by atoms with Gasteiger partial charge in [0.25, 0.3) is 8.32 Å². The van der Waals surface area contributed by atoms with Gasteiger partial charge in [0.15, 0.2) is 0 Å². The normalized spacial score (nSPS) is 18.2. The summed E-state index contributed by atoms with van der Waals surface area (Å²) >= 11 is 0. The molecule has 0 bridgehead atoms. The van der Waals surface area contributed by atoms with Crippen molar-refractivity contribution in [3.8, 4) is 0 Å². The smallest absolute Gasteiger partial charge is 0.261 e. The minimum atomic E-state index is -2.35. The summed E-state index contributed by atoms with van der Waals surface area (Å²) in [5.74, 6) is 0. The molecule has 1 N–H and O–H groups in total. The molecular formula is C20H28ClNOSi. The number of halogens is 1. The van der Waals surface area contributed by atoms with Crippen LogP contribution >= 0.6 is 12.4 Å². The van der Waals surface area contributed by atoms with E-state index < -0.39 is 8.32 Å². The van der Waals surface area contributed by atoms with Crippen molar-refractivity contribution in [3.63, 3.8) is 0 Å². The van der Waals surface area contributed by atoms with E-state index in [4.69, 9.17) is 4.43 Å². The summed E-state index contributed by atoms with van der Waals surface area (Å²) in [6.07, 6.45) is 1.41. The van der Waals surface area contributed by atoms with Crippen molar-refractivity contribution in [3.05, 3.63) is 60.7 Å². The molecule has 0 unspecified atom stereocenters. The fraction of sp³-hybridized carbons (Fsp3) is 0.400. The second kappa shape index (κ2) is 7.83. The summed E-state index contributed by atoms with van der Waals surface area (Å²) in [7, 11) is -2.35. The van der Waals surface area contributed by atoms with Crippen LogP contribution < -0.4 is 15.7 Å². The Morgan fingerprint density at radius 3 is 1.79 bits per heavy atom. The van der Waals surface area contributed by atoms with Gasteiger partial charge in [-0.15, -0.1) is 12.4 Å². The average molecular weight is 362 g/mol. The van der Waals surface area contributed by atoms with Gasteiger partial charge >= 0.3 is 0 Å². The Hall–Kier alpha value is -1.13. The standard InChI is InChI=1S/C20H27NOSi.ClH/c1-20(2,3)23(18-10-6-4-7-11-18,19-12-8-5-9-13-19)22-17-14-15-21-16-17;/h4-13,17,21H,14-16H2,1-3H3;1H/t17-;/m1./s1. The maximum absolute atomic E-state index is 7.01. The lowest BCUT2D eigenvalue weighted by molar-refractivity contribution is 0.207.